The zero-order valence-electron chi connectivity index (χ0n) is 13.7. The van der Waals surface area contributed by atoms with Gasteiger partial charge in [0.2, 0.25) is 0 Å². The summed E-state index contributed by atoms with van der Waals surface area (Å²) in [6.45, 7) is 0.659. The SMILES string of the molecule is COc1ccc2c3c(=O)[nH]ccc3n(Cc3ccc(SN)cc3)c2c1. The molecule has 0 radical (unpaired) electrons. The van der Waals surface area contributed by atoms with Crippen molar-refractivity contribution < 1.29 is 4.74 Å². The summed E-state index contributed by atoms with van der Waals surface area (Å²) in [5, 5.41) is 7.22. The number of hydrogen-bond donors (Lipinski definition) is 2. The van der Waals surface area contributed by atoms with Gasteiger partial charge in [0.15, 0.2) is 0 Å². The third-order valence-electron chi connectivity index (χ3n) is 4.39. The van der Waals surface area contributed by atoms with Crippen LogP contribution < -0.4 is 15.4 Å². The Morgan fingerprint density at radius 1 is 1.12 bits per heavy atom. The molecule has 0 saturated heterocycles. The van der Waals surface area contributed by atoms with Crippen LogP contribution in [0.2, 0.25) is 0 Å². The molecule has 0 amide bonds. The fourth-order valence-corrected chi connectivity index (χ4v) is 3.48. The van der Waals surface area contributed by atoms with Crippen LogP contribution in [0.1, 0.15) is 5.56 Å². The van der Waals surface area contributed by atoms with E-state index in [1.54, 1.807) is 13.3 Å². The zero-order valence-corrected chi connectivity index (χ0v) is 14.5. The Bertz CT molecular complexity index is 1110. The number of ether oxygens (including phenoxy) is 1. The second-order valence-corrected chi connectivity index (χ2v) is 6.51. The molecule has 2 aromatic carbocycles. The normalized spacial score (nSPS) is 11.3. The monoisotopic (exact) mass is 351 g/mol. The number of methoxy groups -OCH3 is 1. The molecule has 0 aliphatic rings. The summed E-state index contributed by atoms with van der Waals surface area (Å²) in [6, 6.07) is 15.8. The van der Waals surface area contributed by atoms with E-state index in [-0.39, 0.29) is 5.56 Å². The van der Waals surface area contributed by atoms with Gasteiger partial charge in [-0.05, 0) is 47.8 Å². The Morgan fingerprint density at radius 2 is 1.92 bits per heavy atom. The van der Waals surface area contributed by atoms with Crippen molar-refractivity contribution >= 4 is 33.8 Å². The first kappa shape index (κ1) is 15.8. The highest BCUT2D eigenvalue weighted by molar-refractivity contribution is 7.97. The Labute approximate surface area is 148 Å². The quantitative estimate of drug-likeness (QED) is 0.552. The lowest BCUT2D eigenvalue weighted by molar-refractivity contribution is 0.415. The summed E-state index contributed by atoms with van der Waals surface area (Å²) in [6.07, 6.45) is 1.69. The summed E-state index contributed by atoms with van der Waals surface area (Å²) in [7, 11) is 1.64. The standard InChI is InChI=1S/C19H17N3O2S/c1-24-13-4-7-15-17(10-13)22(16-8-9-21-19(23)18(15)16)11-12-2-5-14(25-20)6-3-12/h2-10H,11,20H2,1H3,(H,21,23). The molecule has 5 nitrogen and oxygen atoms in total. The van der Waals surface area contributed by atoms with Crippen molar-refractivity contribution in [2.75, 3.05) is 7.11 Å². The number of aromatic nitrogens is 2. The average Bonchev–Trinajstić information content (AvgIpc) is 2.96. The number of H-pyrrole nitrogens is 1. The van der Waals surface area contributed by atoms with E-state index in [0.29, 0.717) is 11.9 Å². The van der Waals surface area contributed by atoms with Gasteiger partial charge in [0, 0.05) is 29.1 Å². The van der Waals surface area contributed by atoms with Gasteiger partial charge in [-0.15, -0.1) is 0 Å². The maximum Gasteiger partial charge on any atom is 0.258 e. The zero-order chi connectivity index (χ0) is 17.4. The van der Waals surface area contributed by atoms with E-state index >= 15 is 0 Å². The number of hydrogen-bond acceptors (Lipinski definition) is 4. The first-order valence-electron chi connectivity index (χ1n) is 7.84. The third-order valence-corrected chi connectivity index (χ3v) is 4.94. The number of nitrogens with zero attached hydrogens (tertiary/aromatic N) is 1. The van der Waals surface area contributed by atoms with Crippen LogP contribution in [0.4, 0.5) is 0 Å². The molecule has 2 heterocycles. The van der Waals surface area contributed by atoms with Crippen LogP contribution in [0.3, 0.4) is 0 Å². The molecule has 0 fully saturated rings. The minimum Gasteiger partial charge on any atom is -0.497 e. The summed E-state index contributed by atoms with van der Waals surface area (Å²) in [4.78, 5) is 16.2. The second kappa shape index (κ2) is 6.31. The van der Waals surface area contributed by atoms with Gasteiger partial charge in [-0.25, -0.2) is 0 Å². The van der Waals surface area contributed by atoms with Gasteiger partial charge in [-0.3, -0.25) is 9.93 Å². The van der Waals surface area contributed by atoms with Crippen LogP contribution in [0.5, 0.6) is 5.75 Å². The smallest absolute Gasteiger partial charge is 0.258 e. The van der Waals surface area contributed by atoms with Gasteiger partial charge < -0.3 is 14.3 Å². The van der Waals surface area contributed by atoms with Crippen molar-refractivity contribution in [1.29, 1.82) is 0 Å². The highest BCUT2D eigenvalue weighted by atomic mass is 32.2. The summed E-state index contributed by atoms with van der Waals surface area (Å²) in [5.74, 6) is 0.767. The number of pyridine rings is 1. The largest absolute Gasteiger partial charge is 0.497 e. The number of nitrogens with two attached hydrogens (primary N) is 1. The lowest BCUT2D eigenvalue weighted by atomic mass is 10.2. The number of rotatable bonds is 4. The van der Waals surface area contributed by atoms with Crippen LogP contribution in [-0.2, 0) is 6.54 Å². The van der Waals surface area contributed by atoms with E-state index in [2.05, 4.69) is 21.7 Å². The van der Waals surface area contributed by atoms with Crippen molar-refractivity contribution in [2.45, 2.75) is 11.4 Å². The molecule has 3 N–H and O–H groups in total. The molecule has 4 rings (SSSR count). The van der Waals surface area contributed by atoms with Crippen LogP contribution >= 0.6 is 11.9 Å². The van der Waals surface area contributed by atoms with E-state index in [0.717, 1.165) is 32.6 Å². The predicted molar refractivity (Wildman–Crippen MR) is 102 cm³/mol. The van der Waals surface area contributed by atoms with Crippen molar-refractivity contribution in [1.82, 2.24) is 9.55 Å². The van der Waals surface area contributed by atoms with Gasteiger partial charge in [0.25, 0.3) is 5.56 Å². The Hall–Kier alpha value is -2.70. The number of aromatic amines is 1. The minimum absolute atomic E-state index is 0.0821. The molecule has 0 unspecified atom stereocenters. The molecule has 2 aromatic heterocycles. The molecule has 0 spiro atoms. The van der Waals surface area contributed by atoms with E-state index < -0.39 is 0 Å². The molecule has 25 heavy (non-hydrogen) atoms. The van der Waals surface area contributed by atoms with Gasteiger partial charge in [0.1, 0.15) is 5.75 Å². The number of benzene rings is 2. The molecule has 0 saturated carbocycles. The maximum absolute atomic E-state index is 12.4. The van der Waals surface area contributed by atoms with Crippen molar-refractivity contribution in [3.63, 3.8) is 0 Å². The maximum atomic E-state index is 12.4. The molecule has 0 aliphatic carbocycles. The minimum atomic E-state index is -0.0821. The highest BCUT2D eigenvalue weighted by Gasteiger charge is 2.14. The molecule has 126 valence electrons. The van der Waals surface area contributed by atoms with Crippen molar-refractivity contribution in [2.24, 2.45) is 5.14 Å². The third kappa shape index (κ3) is 2.69. The highest BCUT2D eigenvalue weighted by Crippen LogP contribution is 2.30. The Balaban J connectivity index is 1.95. The fourth-order valence-electron chi connectivity index (χ4n) is 3.18. The predicted octanol–water partition coefficient (Wildman–Crippen LogP) is 3.51. The molecular weight excluding hydrogens is 334 g/mol. The molecule has 0 atom stereocenters. The average molecular weight is 351 g/mol. The Kier molecular flexibility index (Phi) is 3.99. The van der Waals surface area contributed by atoms with Gasteiger partial charge in [0.05, 0.1) is 23.5 Å². The van der Waals surface area contributed by atoms with Gasteiger partial charge >= 0.3 is 0 Å². The van der Waals surface area contributed by atoms with E-state index in [1.165, 1.54) is 11.9 Å². The molecule has 6 heteroatoms. The van der Waals surface area contributed by atoms with E-state index in [1.807, 2.05) is 36.4 Å². The second-order valence-electron chi connectivity index (χ2n) is 5.80. The summed E-state index contributed by atoms with van der Waals surface area (Å²) in [5.41, 5.74) is 2.94. The van der Waals surface area contributed by atoms with Gasteiger partial charge in [-0.1, -0.05) is 12.1 Å². The van der Waals surface area contributed by atoms with E-state index in [4.69, 9.17) is 9.88 Å². The number of nitrogens with one attached hydrogen (secondary N) is 1. The molecular formula is C19H17N3O2S. The number of fused-ring (bicyclic) bond motifs is 3. The first-order chi connectivity index (χ1) is 12.2. The molecule has 0 aliphatic heterocycles. The molecule has 4 aromatic rings. The summed E-state index contributed by atoms with van der Waals surface area (Å²) >= 11 is 1.23. The van der Waals surface area contributed by atoms with Crippen LogP contribution in [-0.4, -0.2) is 16.7 Å². The van der Waals surface area contributed by atoms with Crippen LogP contribution in [0.25, 0.3) is 21.8 Å². The molecule has 0 bridgehead atoms. The topological polar surface area (TPSA) is 73.0 Å². The first-order valence-corrected chi connectivity index (χ1v) is 8.72. The van der Waals surface area contributed by atoms with Crippen LogP contribution in [0.15, 0.2) is 64.4 Å². The Morgan fingerprint density at radius 3 is 2.64 bits per heavy atom. The van der Waals surface area contributed by atoms with E-state index in [9.17, 15) is 4.79 Å². The van der Waals surface area contributed by atoms with Gasteiger partial charge in [-0.2, -0.15) is 0 Å². The fraction of sp³-hybridized carbons (Fsp3) is 0.105. The van der Waals surface area contributed by atoms with Crippen molar-refractivity contribution in [3.05, 3.63) is 70.6 Å². The lowest BCUT2D eigenvalue weighted by Gasteiger charge is -2.09. The lowest BCUT2D eigenvalue weighted by Crippen LogP contribution is -2.05. The van der Waals surface area contributed by atoms with Crippen molar-refractivity contribution in [3.8, 4) is 5.75 Å². The van der Waals surface area contributed by atoms with Crippen LogP contribution in [0, 0.1) is 0 Å². The summed E-state index contributed by atoms with van der Waals surface area (Å²) < 4.78 is 7.51.